The number of ether oxygens (including phenoxy) is 4. The molecule has 1 saturated carbocycles. The largest absolute Gasteiger partial charge is 0.478 e. The Balaban J connectivity index is 0.000000305. The lowest BCUT2D eigenvalue weighted by Gasteiger charge is -2.42. The van der Waals surface area contributed by atoms with E-state index in [-0.39, 0.29) is 35.4 Å². The van der Waals surface area contributed by atoms with Gasteiger partial charge in [0, 0.05) is 30.6 Å². The lowest BCUT2D eigenvalue weighted by Crippen LogP contribution is -2.55. The van der Waals surface area contributed by atoms with Gasteiger partial charge in [-0.05, 0) is 64.3 Å². The maximum Gasteiger partial charge on any atom is 0.331 e. The Kier molecular flexibility index (Phi) is 12.3. The molecule has 0 aromatic heterocycles. The molecule has 2 saturated heterocycles. The molecule has 0 radical (unpaired) electrons. The molecule has 46 heavy (non-hydrogen) atoms. The Morgan fingerprint density at radius 3 is 2.02 bits per heavy atom. The van der Waals surface area contributed by atoms with Gasteiger partial charge in [0.1, 0.15) is 23.4 Å². The number of epoxide rings is 2. The van der Waals surface area contributed by atoms with Crippen molar-refractivity contribution in [1.82, 2.24) is 0 Å². The summed E-state index contributed by atoms with van der Waals surface area (Å²) in [7, 11) is 1.65. The molecule has 2 N–H and O–H groups in total. The van der Waals surface area contributed by atoms with E-state index in [9.17, 15) is 9.59 Å². The smallest absolute Gasteiger partial charge is 0.331 e. The number of carboxylic acids is 1. The van der Waals surface area contributed by atoms with Crippen molar-refractivity contribution in [2.24, 2.45) is 5.92 Å². The second-order valence-electron chi connectivity index (χ2n) is 12.0. The highest BCUT2D eigenvalue weighted by atomic mass is 16.6. The summed E-state index contributed by atoms with van der Waals surface area (Å²) in [5.74, 6) is -1.45. The van der Waals surface area contributed by atoms with Gasteiger partial charge in [-0.1, -0.05) is 84.5 Å². The number of para-hydroxylation sites is 2. The molecule has 244 valence electrons. The second kappa shape index (κ2) is 16.4. The van der Waals surface area contributed by atoms with Crippen LogP contribution in [0.4, 0.5) is 11.4 Å². The Hall–Kier alpha value is -4.24. The molecule has 2 heterocycles. The molecule has 8 nitrogen and oxygen atoms in total. The fourth-order valence-electron chi connectivity index (χ4n) is 6.00. The topological polar surface area (TPSA) is 110 Å². The minimum atomic E-state index is -1.00. The number of nitrogens with one attached hydrogen (secondary N) is 1. The lowest BCUT2D eigenvalue weighted by molar-refractivity contribution is -0.166. The van der Waals surface area contributed by atoms with E-state index < -0.39 is 11.9 Å². The van der Waals surface area contributed by atoms with E-state index in [2.05, 4.69) is 32.2 Å². The van der Waals surface area contributed by atoms with Crippen LogP contribution in [0.25, 0.3) is 0 Å². The zero-order valence-electron chi connectivity index (χ0n) is 27.0. The molecule has 5 rings (SSSR count). The average Bonchev–Trinajstić information content (AvgIpc) is 3.96. The summed E-state index contributed by atoms with van der Waals surface area (Å²) in [5, 5.41) is 11.8. The van der Waals surface area contributed by atoms with Gasteiger partial charge in [0.05, 0.1) is 18.6 Å². The highest BCUT2D eigenvalue weighted by Gasteiger charge is 2.72. The number of hydrogen-bond acceptors (Lipinski definition) is 7. The highest BCUT2D eigenvalue weighted by molar-refractivity contribution is 5.82. The molecule has 2 aliphatic heterocycles. The SMILES string of the molecule is COC1C(OC(=O)/C=C/C=C/C=C/C=C/C(=O)O)CCC2(CO2)C1C1(C)OC1CC=C(C)C.c1ccc(Nc2ccccc2)cc1. The normalized spacial score (nSPS) is 28.3. The number of esters is 1. The summed E-state index contributed by atoms with van der Waals surface area (Å²) in [6.45, 7) is 6.96. The van der Waals surface area contributed by atoms with Crippen LogP contribution in [0.2, 0.25) is 0 Å². The van der Waals surface area contributed by atoms with Gasteiger partial charge in [-0.3, -0.25) is 0 Å². The molecule has 1 aliphatic carbocycles. The molecule has 8 heteroatoms. The van der Waals surface area contributed by atoms with E-state index in [1.807, 2.05) is 60.7 Å². The molecule has 3 fully saturated rings. The first-order valence-corrected chi connectivity index (χ1v) is 15.6. The van der Waals surface area contributed by atoms with Crippen LogP contribution in [0, 0.1) is 5.92 Å². The minimum Gasteiger partial charge on any atom is -0.478 e. The van der Waals surface area contributed by atoms with Crippen LogP contribution < -0.4 is 5.32 Å². The number of allylic oxidation sites excluding steroid dienone is 7. The number of aliphatic carboxylic acids is 1. The van der Waals surface area contributed by atoms with Crippen LogP contribution in [0.5, 0.6) is 0 Å². The summed E-state index contributed by atoms with van der Waals surface area (Å²) >= 11 is 0. The molecule has 6 unspecified atom stereocenters. The standard InChI is InChI=1S/C26H34O7.C12H11N/c1-18(2)13-14-20-25(3,33-20)24-23(30-4)19(15-16-26(24)17-31-26)32-22(29)12-10-8-6-5-7-9-11-21(27)28;1-3-7-11(8-4-1)13-12-9-5-2-6-10-12/h5-13,19-20,23-24H,14-17H2,1-4H3,(H,27,28);1-10,13H/b7-5+,8-6+,11-9+,12-10+;. The van der Waals surface area contributed by atoms with Crippen molar-refractivity contribution >= 4 is 23.3 Å². The Bertz CT molecular complexity index is 1400. The average molecular weight is 628 g/mol. The first kappa shape index (κ1) is 34.6. The summed E-state index contributed by atoms with van der Waals surface area (Å²) in [5.41, 5.74) is 2.88. The number of carboxylic acid groups (broad SMARTS) is 1. The van der Waals surface area contributed by atoms with Crippen molar-refractivity contribution in [3.63, 3.8) is 0 Å². The van der Waals surface area contributed by atoms with Crippen LogP contribution in [0.15, 0.2) is 121 Å². The van der Waals surface area contributed by atoms with E-state index in [0.717, 1.165) is 30.3 Å². The van der Waals surface area contributed by atoms with Gasteiger partial charge in [-0.15, -0.1) is 0 Å². The van der Waals surface area contributed by atoms with Gasteiger partial charge < -0.3 is 29.4 Å². The van der Waals surface area contributed by atoms with Gasteiger partial charge in [0.2, 0.25) is 0 Å². The molecule has 3 aliphatic rings. The predicted molar refractivity (Wildman–Crippen MR) is 180 cm³/mol. The summed E-state index contributed by atoms with van der Waals surface area (Å²) < 4.78 is 23.8. The number of hydrogen-bond donors (Lipinski definition) is 2. The van der Waals surface area contributed by atoms with Crippen molar-refractivity contribution in [2.75, 3.05) is 19.0 Å². The first-order valence-electron chi connectivity index (χ1n) is 15.6. The maximum absolute atomic E-state index is 12.4. The fourth-order valence-corrected chi connectivity index (χ4v) is 6.00. The van der Waals surface area contributed by atoms with Crippen molar-refractivity contribution in [3.8, 4) is 0 Å². The van der Waals surface area contributed by atoms with E-state index in [1.54, 1.807) is 37.5 Å². The third kappa shape index (κ3) is 9.88. The van der Waals surface area contributed by atoms with E-state index in [1.165, 1.54) is 17.7 Å². The van der Waals surface area contributed by atoms with Crippen molar-refractivity contribution in [1.29, 1.82) is 0 Å². The van der Waals surface area contributed by atoms with Crippen LogP contribution in [0.3, 0.4) is 0 Å². The zero-order chi connectivity index (χ0) is 33.0. The fraction of sp³-hybridized carbons (Fsp3) is 0.368. The first-order chi connectivity index (χ1) is 22.2. The maximum atomic E-state index is 12.4. The van der Waals surface area contributed by atoms with E-state index in [0.29, 0.717) is 13.0 Å². The van der Waals surface area contributed by atoms with Crippen LogP contribution in [-0.4, -0.2) is 60.3 Å². The van der Waals surface area contributed by atoms with Gasteiger partial charge in [-0.25, -0.2) is 9.59 Å². The van der Waals surface area contributed by atoms with Crippen molar-refractivity contribution in [2.45, 2.75) is 69.5 Å². The van der Waals surface area contributed by atoms with Crippen molar-refractivity contribution in [3.05, 3.63) is 121 Å². The molecule has 0 bridgehead atoms. The molecule has 2 aromatic rings. The minimum absolute atomic E-state index is 0.00928. The Labute approximate surface area is 272 Å². The van der Waals surface area contributed by atoms with Crippen LogP contribution in [-0.2, 0) is 28.5 Å². The zero-order valence-corrected chi connectivity index (χ0v) is 27.0. The second-order valence-corrected chi connectivity index (χ2v) is 12.0. The van der Waals surface area contributed by atoms with Gasteiger partial charge in [-0.2, -0.15) is 0 Å². The molecule has 0 amide bonds. The number of rotatable bonds is 12. The number of methoxy groups -OCH3 is 1. The molecular formula is C38H45NO7. The van der Waals surface area contributed by atoms with Gasteiger partial charge in [0.15, 0.2) is 0 Å². The monoisotopic (exact) mass is 627 g/mol. The number of carbonyl (C=O) groups excluding carboxylic acids is 1. The number of carbonyl (C=O) groups is 2. The Morgan fingerprint density at radius 2 is 1.50 bits per heavy atom. The van der Waals surface area contributed by atoms with Crippen molar-refractivity contribution < 1.29 is 33.6 Å². The third-order valence-electron chi connectivity index (χ3n) is 8.37. The highest BCUT2D eigenvalue weighted by Crippen LogP contribution is 2.59. The molecule has 1 spiro atoms. The lowest BCUT2D eigenvalue weighted by atomic mass is 9.68. The van der Waals surface area contributed by atoms with Gasteiger partial charge >= 0.3 is 11.9 Å². The number of benzene rings is 2. The summed E-state index contributed by atoms with van der Waals surface area (Å²) in [6, 6.07) is 20.3. The van der Waals surface area contributed by atoms with Crippen LogP contribution >= 0.6 is 0 Å². The van der Waals surface area contributed by atoms with Crippen LogP contribution in [0.1, 0.15) is 40.0 Å². The molecular weight excluding hydrogens is 582 g/mol. The number of anilines is 2. The Morgan fingerprint density at radius 1 is 0.935 bits per heavy atom. The predicted octanol–water partition coefficient (Wildman–Crippen LogP) is 7.35. The molecule has 2 aromatic carbocycles. The summed E-state index contributed by atoms with van der Waals surface area (Å²) in [4.78, 5) is 22.8. The van der Waals surface area contributed by atoms with Gasteiger partial charge in [0.25, 0.3) is 0 Å². The third-order valence-corrected chi connectivity index (χ3v) is 8.37. The van der Waals surface area contributed by atoms with E-state index >= 15 is 0 Å². The van der Waals surface area contributed by atoms with E-state index in [4.69, 9.17) is 24.1 Å². The quantitative estimate of drug-likeness (QED) is 0.0827. The summed E-state index contributed by atoms with van der Waals surface area (Å²) in [6.07, 6.45) is 16.0. The molecule has 6 atom stereocenters.